The van der Waals surface area contributed by atoms with E-state index in [9.17, 15) is 24.6 Å². The molecule has 6 nitrogen and oxygen atoms in total. The van der Waals surface area contributed by atoms with Gasteiger partial charge in [0.05, 0.1) is 0 Å². The van der Waals surface area contributed by atoms with Crippen LogP contribution in [-0.4, -0.2) is 35.5 Å². The molecule has 0 spiro atoms. The van der Waals surface area contributed by atoms with E-state index in [4.69, 9.17) is 0 Å². The van der Waals surface area contributed by atoms with Crippen molar-refractivity contribution in [2.45, 2.75) is 0 Å². The lowest BCUT2D eigenvalue weighted by atomic mass is 11.3. The summed E-state index contributed by atoms with van der Waals surface area (Å²) in [6.45, 7) is -0.827. The molecule has 0 rings (SSSR count). The van der Waals surface area contributed by atoms with Crippen molar-refractivity contribution in [2.24, 2.45) is 0 Å². The van der Waals surface area contributed by atoms with Crippen LogP contribution in [0.25, 0.3) is 0 Å². The number of halogens is 2. The number of rotatable bonds is 6. The molecule has 0 bridgehead atoms. The van der Waals surface area contributed by atoms with Gasteiger partial charge in [0.15, 0.2) is 11.9 Å². The summed E-state index contributed by atoms with van der Waals surface area (Å²) in [5.41, 5.74) is 0. The minimum absolute atomic E-state index is 0.827. The summed E-state index contributed by atoms with van der Waals surface area (Å²) in [7, 11) is -9.57. The van der Waals surface area contributed by atoms with Crippen LogP contribution in [0.1, 0.15) is 0 Å². The Bertz CT molecular complexity index is 297. The first-order chi connectivity index (χ1) is 5.71. The smallest absolute Gasteiger partial charge is 0.326 e. The van der Waals surface area contributed by atoms with Crippen LogP contribution < -0.4 is 0 Å². The molecular formula is C3H6F2O6S2. The van der Waals surface area contributed by atoms with Gasteiger partial charge in [-0.05, 0) is 0 Å². The fourth-order valence-corrected chi connectivity index (χ4v) is 0.860. The largest absolute Gasteiger partial charge is 0.337 e. The molecule has 0 N–H and O–H groups in total. The first kappa shape index (κ1) is 12.7. The number of hydrogen-bond donors (Lipinski definition) is 0. The lowest BCUT2D eigenvalue weighted by Crippen LogP contribution is -2.10. The lowest BCUT2D eigenvalue weighted by Gasteiger charge is -2.00. The van der Waals surface area contributed by atoms with Crippen LogP contribution in [0.3, 0.4) is 0 Å². The predicted octanol–water partition coefficient (Wildman–Crippen LogP) is -0.509. The summed E-state index contributed by atoms with van der Waals surface area (Å²) in [4.78, 5) is 0. The van der Waals surface area contributed by atoms with E-state index in [1.165, 1.54) is 0 Å². The van der Waals surface area contributed by atoms with E-state index in [0.29, 0.717) is 0 Å². The Kier molecular flexibility index (Phi) is 4.67. The van der Waals surface area contributed by atoms with E-state index in [2.05, 4.69) is 9.47 Å². The summed E-state index contributed by atoms with van der Waals surface area (Å²) < 4.78 is 70.3. The third-order valence-electron chi connectivity index (χ3n) is 0.615. The minimum Gasteiger partial charge on any atom is -0.337 e. The van der Waals surface area contributed by atoms with Gasteiger partial charge in [0, 0.05) is 0 Å². The Morgan fingerprint density at radius 2 is 1.15 bits per heavy atom. The molecule has 0 aromatic rings. The van der Waals surface area contributed by atoms with Crippen LogP contribution in [-0.2, 0) is 29.9 Å². The summed E-state index contributed by atoms with van der Waals surface area (Å²) in [5, 5.41) is 0. The van der Waals surface area contributed by atoms with Gasteiger partial charge in [0.25, 0.3) is 0 Å². The monoisotopic (exact) mass is 240 g/mol. The highest BCUT2D eigenvalue weighted by Crippen LogP contribution is 1.94. The highest BCUT2D eigenvalue weighted by Gasteiger charge is 2.09. The Hall–Kier alpha value is -0.320. The van der Waals surface area contributed by atoms with E-state index in [-0.39, 0.29) is 0 Å². The minimum atomic E-state index is -4.79. The molecule has 13 heavy (non-hydrogen) atoms. The molecule has 0 radical (unpaired) electrons. The zero-order chi connectivity index (χ0) is 10.5. The Morgan fingerprint density at radius 1 is 0.846 bits per heavy atom. The van der Waals surface area contributed by atoms with Crippen molar-refractivity contribution >= 4 is 20.4 Å². The molecule has 0 amide bonds. The third kappa shape index (κ3) is 11.7. The van der Waals surface area contributed by atoms with Gasteiger partial charge in [-0.25, -0.2) is 0 Å². The summed E-state index contributed by atoms with van der Waals surface area (Å²) in [6.07, 6.45) is 0. The van der Waals surface area contributed by atoms with Crippen molar-refractivity contribution in [3.63, 3.8) is 0 Å². The molecule has 0 aliphatic heterocycles. The molecule has 0 aromatic carbocycles. The quantitative estimate of drug-likeness (QED) is 0.353. The molecule has 0 atom stereocenters. The maximum absolute atomic E-state index is 11.6. The van der Waals surface area contributed by atoms with Gasteiger partial charge >= 0.3 is 20.4 Å². The van der Waals surface area contributed by atoms with E-state index in [1.54, 1.807) is 0 Å². The maximum Gasteiger partial charge on any atom is 0.326 e. The zero-order valence-corrected chi connectivity index (χ0v) is 7.78. The predicted molar refractivity (Wildman–Crippen MR) is 36.8 cm³/mol. The van der Waals surface area contributed by atoms with Crippen LogP contribution in [0.15, 0.2) is 0 Å². The molecule has 0 saturated carbocycles. The van der Waals surface area contributed by atoms with Crippen molar-refractivity contribution < 1.29 is 34.1 Å². The molecule has 0 saturated heterocycles. The molecular weight excluding hydrogens is 234 g/mol. The Morgan fingerprint density at radius 3 is 1.38 bits per heavy atom. The van der Waals surface area contributed by atoms with Crippen LogP contribution in [0.5, 0.6) is 0 Å². The zero-order valence-electron chi connectivity index (χ0n) is 6.14. The topological polar surface area (TPSA) is 86.7 Å². The fraction of sp³-hybridized carbons (Fsp3) is 1.00. The molecule has 0 unspecified atom stereocenters. The summed E-state index contributed by atoms with van der Waals surface area (Å²) in [6, 6.07) is 0. The molecule has 0 heterocycles. The van der Waals surface area contributed by atoms with Gasteiger partial charge < -0.3 is 9.47 Å². The second kappa shape index (κ2) is 4.79. The van der Waals surface area contributed by atoms with Crippen molar-refractivity contribution in [1.29, 1.82) is 0 Å². The molecule has 10 heteroatoms. The standard InChI is InChI=1S/C3H6F2O6S2/c4-12(6,7)2-10-1-11-3-13(5,8)9/h1-3H2. The van der Waals surface area contributed by atoms with Crippen molar-refractivity contribution in [2.75, 3.05) is 18.7 Å². The van der Waals surface area contributed by atoms with E-state index >= 15 is 0 Å². The van der Waals surface area contributed by atoms with Crippen molar-refractivity contribution in [3.8, 4) is 0 Å². The van der Waals surface area contributed by atoms with E-state index < -0.39 is 39.1 Å². The fourth-order valence-electron chi connectivity index (χ4n) is 0.326. The Balaban J connectivity index is 3.50. The highest BCUT2D eigenvalue weighted by atomic mass is 32.3. The van der Waals surface area contributed by atoms with Gasteiger partial charge in [-0.3, -0.25) is 0 Å². The first-order valence-electron chi connectivity index (χ1n) is 2.71. The van der Waals surface area contributed by atoms with Gasteiger partial charge in [-0.15, -0.1) is 7.77 Å². The van der Waals surface area contributed by atoms with Crippen LogP contribution in [0, 0.1) is 0 Å². The van der Waals surface area contributed by atoms with Crippen molar-refractivity contribution in [1.82, 2.24) is 0 Å². The molecule has 0 aliphatic carbocycles. The van der Waals surface area contributed by atoms with Gasteiger partial charge in [0.1, 0.15) is 6.79 Å². The molecule has 0 aliphatic rings. The first-order valence-corrected chi connectivity index (χ1v) is 5.81. The molecule has 80 valence electrons. The molecule has 0 fully saturated rings. The van der Waals surface area contributed by atoms with Gasteiger partial charge in [-0.2, -0.15) is 16.8 Å². The van der Waals surface area contributed by atoms with Crippen LogP contribution in [0.4, 0.5) is 7.77 Å². The van der Waals surface area contributed by atoms with E-state index in [1.807, 2.05) is 0 Å². The lowest BCUT2D eigenvalue weighted by molar-refractivity contribution is -0.0218. The average Bonchev–Trinajstić information content (AvgIpc) is 1.81. The van der Waals surface area contributed by atoms with E-state index in [0.717, 1.165) is 0 Å². The molecule has 0 aromatic heterocycles. The maximum atomic E-state index is 11.6. The highest BCUT2D eigenvalue weighted by molar-refractivity contribution is 7.86. The van der Waals surface area contributed by atoms with Crippen LogP contribution in [0.2, 0.25) is 0 Å². The summed E-state index contributed by atoms with van der Waals surface area (Å²) in [5.74, 6) is -2.53. The normalized spacial score (nSPS) is 13.1. The third-order valence-corrected chi connectivity index (χ3v) is 1.51. The number of ether oxygens (including phenoxy) is 2. The Labute approximate surface area is 73.9 Å². The summed E-state index contributed by atoms with van der Waals surface area (Å²) >= 11 is 0. The SMILES string of the molecule is O=S(=O)(F)COCOCS(=O)(=O)F. The van der Waals surface area contributed by atoms with Gasteiger partial charge in [0.2, 0.25) is 0 Å². The average molecular weight is 240 g/mol. The second-order valence-corrected chi connectivity index (χ2v) is 4.47. The number of hydrogen-bond acceptors (Lipinski definition) is 6. The van der Waals surface area contributed by atoms with Crippen LogP contribution >= 0.6 is 0 Å². The van der Waals surface area contributed by atoms with Crippen molar-refractivity contribution in [3.05, 3.63) is 0 Å². The van der Waals surface area contributed by atoms with Gasteiger partial charge in [-0.1, -0.05) is 0 Å². The second-order valence-electron chi connectivity index (χ2n) is 1.84.